The zero-order valence-corrected chi connectivity index (χ0v) is 15.1. The average molecular weight is 358 g/mol. The number of hydrogen-bond donors (Lipinski definition) is 1. The van der Waals surface area contributed by atoms with Gasteiger partial charge in [-0.2, -0.15) is 0 Å². The smallest absolute Gasteiger partial charge is 0.271 e. The molecule has 0 aromatic carbocycles. The van der Waals surface area contributed by atoms with Crippen LogP contribution in [0.1, 0.15) is 30.7 Å². The minimum absolute atomic E-state index is 0.179. The molecule has 3 aromatic heterocycles. The Morgan fingerprint density at radius 1 is 1.44 bits per heavy atom. The number of aromatic nitrogens is 3. The average Bonchev–Trinajstić information content (AvgIpc) is 2.88. The first kappa shape index (κ1) is 16.2. The number of primary amides is 1. The number of rotatable bonds is 2. The van der Waals surface area contributed by atoms with Gasteiger partial charge < -0.3 is 10.5 Å². The second-order valence-corrected chi connectivity index (χ2v) is 7.98. The number of aryl methyl sites for hydroxylation is 1. The van der Waals surface area contributed by atoms with Gasteiger partial charge in [-0.15, -0.1) is 11.3 Å². The molecule has 130 valence electrons. The summed E-state index contributed by atoms with van der Waals surface area (Å²) in [7, 11) is 0. The van der Waals surface area contributed by atoms with Crippen LogP contribution in [-0.4, -0.2) is 26.0 Å². The number of thiophene rings is 1. The Morgan fingerprint density at radius 3 is 2.92 bits per heavy atom. The lowest BCUT2D eigenvalue weighted by Gasteiger charge is -2.32. The van der Waals surface area contributed by atoms with Gasteiger partial charge in [0.05, 0.1) is 24.1 Å². The summed E-state index contributed by atoms with van der Waals surface area (Å²) in [4.78, 5) is 33.8. The summed E-state index contributed by atoms with van der Waals surface area (Å²) < 4.78 is 7.67. The predicted octanol–water partition coefficient (Wildman–Crippen LogP) is 1.65. The first-order chi connectivity index (χ1) is 11.8. The third kappa shape index (κ3) is 2.52. The number of nitrogens with zero attached hydrogens (tertiary/aromatic N) is 3. The van der Waals surface area contributed by atoms with E-state index in [1.165, 1.54) is 22.2 Å². The minimum Gasteiger partial charge on any atom is -0.370 e. The summed E-state index contributed by atoms with van der Waals surface area (Å²) >= 11 is 1.32. The van der Waals surface area contributed by atoms with Crippen LogP contribution < -0.4 is 11.3 Å². The number of nitrogens with two attached hydrogens (primary N) is 1. The molecule has 0 radical (unpaired) electrons. The van der Waals surface area contributed by atoms with Crippen molar-refractivity contribution in [2.45, 2.75) is 45.9 Å². The summed E-state index contributed by atoms with van der Waals surface area (Å²) in [5.41, 5.74) is 8.47. The van der Waals surface area contributed by atoms with Crippen LogP contribution in [0.3, 0.4) is 0 Å². The van der Waals surface area contributed by atoms with E-state index in [-0.39, 0.29) is 17.7 Å². The van der Waals surface area contributed by atoms with Gasteiger partial charge in [-0.25, -0.2) is 9.97 Å². The molecule has 2 N–H and O–H groups in total. The van der Waals surface area contributed by atoms with Gasteiger partial charge in [-0.3, -0.25) is 14.2 Å². The zero-order valence-electron chi connectivity index (χ0n) is 14.3. The third-order valence-electron chi connectivity index (χ3n) is 4.55. The van der Waals surface area contributed by atoms with Crippen LogP contribution in [0, 0.1) is 6.92 Å². The van der Waals surface area contributed by atoms with Crippen LogP contribution in [0.2, 0.25) is 0 Å². The van der Waals surface area contributed by atoms with Gasteiger partial charge in [0.15, 0.2) is 0 Å². The summed E-state index contributed by atoms with van der Waals surface area (Å²) in [6.07, 6.45) is 2.12. The van der Waals surface area contributed by atoms with E-state index in [2.05, 4.69) is 23.8 Å². The SMILES string of the molecule is Cc1nc2sc3c(=O)n(CC(N)=O)cnc3c2c2c1COC(C)(C)C2. The maximum absolute atomic E-state index is 12.7. The highest BCUT2D eigenvalue weighted by Crippen LogP contribution is 2.39. The lowest BCUT2D eigenvalue weighted by molar-refractivity contribution is -0.118. The molecule has 3 aromatic rings. The van der Waals surface area contributed by atoms with Crippen LogP contribution in [-0.2, 0) is 29.1 Å². The molecule has 8 heteroatoms. The van der Waals surface area contributed by atoms with Crippen LogP contribution in [0.4, 0.5) is 0 Å². The van der Waals surface area contributed by atoms with E-state index in [1.54, 1.807) is 0 Å². The van der Waals surface area contributed by atoms with Crippen molar-refractivity contribution in [3.8, 4) is 0 Å². The minimum atomic E-state index is -0.574. The molecule has 7 nitrogen and oxygen atoms in total. The fourth-order valence-corrected chi connectivity index (χ4v) is 4.49. The summed E-state index contributed by atoms with van der Waals surface area (Å²) in [6, 6.07) is 0. The molecule has 0 fully saturated rings. The third-order valence-corrected chi connectivity index (χ3v) is 5.61. The number of fused-ring (bicyclic) bond motifs is 5. The highest BCUT2D eigenvalue weighted by atomic mass is 32.1. The second-order valence-electron chi connectivity index (χ2n) is 6.98. The predicted molar refractivity (Wildman–Crippen MR) is 95.7 cm³/mol. The van der Waals surface area contributed by atoms with Gasteiger partial charge in [0.25, 0.3) is 5.56 Å². The molecule has 0 atom stereocenters. The number of pyridine rings is 1. The molecular formula is C17H18N4O3S. The van der Waals surface area contributed by atoms with Gasteiger partial charge in [0.1, 0.15) is 16.1 Å². The maximum Gasteiger partial charge on any atom is 0.271 e. The molecule has 1 amide bonds. The van der Waals surface area contributed by atoms with Crippen LogP contribution in [0.15, 0.2) is 11.1 Å². The molecule has 0 aliphatic carbocycles. The van der Waals surface area contributed by atoms with Gasteiger partial charge in [0, 0.05) is 23.1 Å². The van der Waals surface area contributed by atoms with E-state index in [9.17, 15) is 9.59 Å². The van der Waals surface area contributed by atoms with Crippen molar-refractivity contribution in [2.24, 2.45) is 5.73 Å². The molecule has 0 bridgehead atoms. The Morgan fingerprint density at radius 2 is 2.20 bits per heavy atom. The standard InChI is InChI=1S/C17H18N4O3S/c1-8-10-6-24-17(2,3)4-9(10)12-13-14(25-15(12)20-8)16(23)21(7-19-13)5-11(18)22/h7H,4-6H2,1-3H3,(H2,18,22). The highest BCUT2D eigenvalue weighted by Gasteiger charge is 2.30. The molecule has 1 aliphatic rings. The maximum atomic E-state index is 12.7. The van der Waals surface area contributed by atoms with Crippen LogP contribution in [0.5, 0.6) is 0 Å². The van der Waals surface area contributed by atoms with Gasteiger partial charge in [-0.1, -0.05) is 0 Å². The second kappa shape index (κ2) is 5.34. The molecule has 25 heavy (non-hydrogen) atoms. The first-order valence-electron chi connectivity index (χ1n) is 7.99. The topological polar surface area (TPSA) is 100 Å². The van der Waals surface area contributed by atoms with Crippen molar-refractivity contribution in [2.75, 3.05) is 0 Å². The summed E-state index contributed by atoms with van der Waals surface area (Å²) in [5.74, 6) is -0.574. The van der Waals surface area contributed by atoms with Crippen molar-refractivity contribution >= 4 is 37.7 Å². The Bertz CT molecular complexity index is 1100. The van der Waals surface area contributed by atoms with Gasteiger partial charge in [-0.05, 0) is 26.3 Å². The molecule has 4 rings (SSSR count). The largest absolute Gasteiger partial charge is 0.370 e. The van der Waals surface area contributed by atoms with Gasteiger partial charge >= 0.3 is 0 Å². The van der Waals surface area contributed by atoms with E-state index in [0.717, 1.165) is 33.5 Å². The molecule has 0 saturated carbocycles. The summed E-state index contributed by atoms with van der Waals surface area (Å²) in [5, 5.41) is 0.931. The number of ether oxygens (including phenoxy) is 1. The number of carbonyl (C=O) groups excluding carboxylic acids is 1. The van der Waals surface area contributed by atoms with E-state index in [1.807, 2.05) is 6.92 Å². The normalized spacial score (nSPS) is 16.3. The molecule has 1 aliphatic heterocycles. The Labute approximate surface area is 147 Å². The lowest BCUT2D eigenvalue weighted by atomic mass is 9.89. The van der Waals surface area contributed by atoms with Crippen molar-refractivity contribution in [1.29, 1.82) is 0 Å². The monoisotopic (exact) mass is 358 g/mol. The zero-order chi connectivity index (χ0) is 17.9. The number of hydrogen-bond acceptors (Lipinski definition) is 6. The van der Waals surface area contributed by atoms with E-state index < -0.39 is 5.91 Å². The Balaban J connectivity index is 2.06. The first-order valence-corrected chi connectivity index (χ1v) is 8.81. The van der Waals surface area contributed by atoms with Crippen molar-refractivity contribution in [3.63, 3.8) is 0 Å². The molecule has 0 spiro atoms. The quantitative estimate of drug-likeness (QED) is 0.751. The fourth-order valence-electron chi connectivity index (χ4n) is 3.34. The van der Waals surface area contributed by atoms with Crippen molar-refractivity contribution < 1.29 is 9.53 Å². The molecular weight excluding hydrogens is 340 g/mol. The lowest BCUT2D eigenvalue weighted by Crippen LogP contribution is -2.32. The highest BCUT2D eigenvalue weighted by molar-refractivity contribution is 7.25. The number of amides is 1. The fraction of sp³-hybridized carbons (Fsp3) is 0.412. The molecule has 0 unspecified atom stereocenters. The van der Waals surface area contributed by atoms with Crippen LogP contribution >= 0.6 is 11.3 Å². The van der Waals surface area contributed by atoms with Crippen molar-refractivity contribution in [1.82, 2.24) is 14.5 Å². The molecule has 0 saturated heterocycles. The number of carbonyl (C=O) groups is 1. The van der Waals surface area contributed by atoms with E-state index in [4.69, 9.17) is 10.5 Å². The van der Waals surface area contributed by atoms with Crippen molar-refractivity contribution in [3.05, 3.63) is 33.5 Å². The molecule has 4 heterocycles. The van der Waals surface area contributed by atoms with E-state index >= 15 is 0 Å². The van der Waals surface area contributed by atoms with Crippen LogP contribution in [0.25, 0.3) is 20.4 Å². The Kier molecular flexibility index (Phi) is 3.45. The van der Waals surface area contributed by atoms with Gasteiger partial charge in [0.2, 0.25) is 5.91 Å². The summed E-state index contributed by atoms with van der Waals surface area (Å²) in [6.45, 7) is 6.40. The van der Waals surface area contributed by atoms with E-state index in [0.29, 0.717) is 16.8 Å². The Hall–Kier alpha value is -2.32.